The number of nitrogens with zero attached hydrogens (tertiary/aromatic N) is 1. The summed E-state index contributed by atoms with van der Waals surface area (Å²) in [5, 5.41) is 4.58. The van der Waals surface area contributed by atoms with E-state index in [0.29, 0.717) is 11.8 Å². The van der Waals surface area contributed by atoms with Crippen LogP contribution in [0.4, 0.5) is 0 Å². The first kappa shape index (κ1) is 20.0. The number of ether oxygens (including phenoxy) is 1. The molecule has 0 spiro atoms. The van der Waals surface area contributed by atoms with Gasteiger partial charge in [0.05, 0.1) is 6.61 Å². The van der Waals surface area contributed by atoms with E-state index in [2.05, 4.69) is 46.8 Å². The monoisotopic (exact) mass is 397 g/mol. The van der Waals surface area contributed by atoms with Crippen LogP contribution in [0.25, 0.3) is 0 Å². The van der Waals surface area contributed by atoms with Gasteiger partial charge in [0.15, 0.2) is 0 Å². The summed E-state index contributed by atoms with van der Waals surface area (Å²) in [6.45, 7) is 6.79. The highest BCUT2D eigenvalue weighted by molar-refractivity contribution is 7.07. The Morgan fingerprint density at radius 2 is 2.00 bits per heavy atom. The lowest BCUT2D eigenvalue weighted by Crippen LogP contribution is -2.42. The van der Waals surface area contributed by atoms with E-state index in [1.165, 1.54) is 87.7 Å². The minimum atomic E-state index is 0.584. The van der Waals surface area contributed by atoms with Crippen molar-refractivity contribution in [1.29, 1.82) is 0 Å². The van der Waals surface area contributed by atoms with E-state index in [0.717, 1.165) is 12.4 Å². The molecule has 0 N–H and O–H groups in total. The molecule has 1 saturated heterocycles. The summed E-state index contributed by atoms with van der Waals surface area (Å²) in [7, 11) is 0. The number of rotatable bonds is 8. The second kappa shape index (κ2) is 9.93. The lowest BCUT2D eigenvalue weighted by molar-refractivity contribution is 0.110. The van der Waals surface area contributed by atoms with Crippen molar-refractivity contribution in [3.05, 3.63) is 51.7 Å². The summed E-state index contributed by atoms with van der Waals surface area (Å²) < 4.78 is 6.39. The van der Waals surface area contributed by atoms with Crippen molar-refractivity contribution in [2.45, 2.75) is 64.2 Å². The highest BCUT2D eigenvalue weighted by atomic mass is 32.1. The Morgan fingerprint density at radius 3 is 2.82 bits per heavy atom. The predicted molar refractivity (Wildman–Crippen MR) is 120 cm³/mol. The first-order valence-corrected chi connectivity index (χ1v) is 12.3. The smallest absolute Gasteiger partial charge is 0.119 e. The highest BCUT2D eigenvalue weighted by Gasteiger charge is 2.31. The third kappa shape index (κ3) is 4.99. The molecule has 2 aliphatic rings. The van der Waals surface area contributed by atoms with Crippen LogP contribution in [0.2, 0.25) is 0 Å². The van der Waals surface area contributed by atoms with Gasteiger partial charge in [-0.3, -0.25) is 0 Å². The summed E-state index contributed by atoms with van der Waals surface area (Å²) in [6.07, 6.45) is 10.4. The van der Waals surface area contributed by atoms with E-state index in [9.17, 15) is 0 Å². The van der Waals surface area contributed by atoms with Gasteiger partial charge in [0.25, 0.3) is 0 Å². The summed E-state index contributed by atoms with van der Waals surface area (Å²) in [5.74, 6) is 2.31. The number of piperidine rings is 1. The normalized spacial score (nSPS) is 22.8. The van der Waals surface area contributed by atoms with Crippen molar-refractivity contribution in [3.63, 3.8) is 0 Å². The molecule has 2 unspecified atom stereocenters. The molecule has 1 aliphatic heterocycles. The molecule has 1 aromatic carbocycles. The summed E-state index contributed by atoms with van der Waals surface area (Å²) >= 11 is 1.83. The Morgan fingerprint density at radius 1 is 1.11 bits per heavy atom. The molecule has 0 amide bonds. The molecule has 1 aliphatic carbocycles. The van der Waals surface area contributed by atoms with Crippen molar-refractivity contribution in [2.75, 3.05) is 26.2 Å². The van der Waals surface area contributed by atoms with Gasteiger partial charge in [-0.1, -0.05) is 25.8 Å². The molecule has 2 atom stereocenters. The van der Waals surface area contributed by atoms with Crippen LogP contribution in [0.15, 0.2) is 35.0 Å². The lowest BCUT2D eigenvalue weighted by Gasteiger charge is -2.38. The number of aryl methyl sites for hydroxylation is 2. The predicted octanol–water partition coefficient (Wildman–Crippen LogP) is 6.30. The van der Waals surface area contributed by atoms with Crippen LogP contribution < -0.4 is 4.74 Å². The van der Waals surface area contributed by atoms with Gasteiger partial charge in [0.1, 0.15) is 5.75 Å². The molecule has 3 heteroatoms. The van der Waals surface area contributed by atoms with E-state index < -0.39 is 0 Å². The van der Waals surface area contributed by atoms with Crippen LogP contribution >= 0.6 is 11.3 Å². The Kier molecular flexibility index (Phi) is 7.09. The quantitative estimate of drug-likeness (QED) is 0.485. The number of hydrogen-bond acceptors (Lipinski definition) is 3. The molecule has 0 bridgehead atoms. The summed E-state index contributed by atoms with van der Waals surface area (Å²) in [5.41, 5.74) is 4.58. The number of thiophene rings is 1. The number of unbranched alkanes of at least 4 members (excludes halogenated alkanes) is 2. The largest absolute Gasteiger partial charge is 0.493 e. The zero-order valence-corrected chi connectivity index (χ0v) is 18.2. The Balaban J connectivity index is 1.40. The fraction of sp³-hybridized carbons (Fsp3) is 0.600. The SMILES string of the molecule is CCCCCN1CCC(c2ccsc2)C(COc2ccc3c(c2)CCCC3)C1. The second-order valence-electron chi connectivity index (χ2n) is 8.67. The average molecular weight is 398 g/mol. The molecule has 2 nitrogen and oxygen atoms in total. The topological polar surface area (TPSA) is 12.5 Å². The molecule has 4 rings (SSSR count). The maximum Gasteiger partial charge on any atom is 0.119 e. The minimum absolute atomic E-state index is 0.584. The van der Waals surface area contributed by atoms with Gasteiger partial charge in [0.2, 0.25) is 0 Å². The van der Waals surface area contributed by atoms with Crippen LogP contribution in [0.1, 0.15) is 68.1 Å². The van der Waals surface area contributed by atoms with Gasteiger partial charge < -0.3 is 9.64 Å². The van der Waals surface area contributed by atoms with Crippen molar-refractivity contribution in [1.82, 2.24) is 4.90 Å². The number of likely N-dealkylation sites (tertiary alicyclic amines) is 1. The highest BCUT2D eigenvalue weighted by Crippen LogP contribution is 2.35. The third-order valence-corrected chi connectivity index (χ3v) is 7.35. The molecule has 0 radical (unpaired) electrons. The van der Waals surface area contributed by atoms with Crippen LogP contribution in [-0.4, -0.2) is 31.1 Å². The maximum absolute atomic E-state index is 6.39. The second-order valence-corrected chi connectivity index (χ2v) is 9.45. The van der Waals surface area contributed by atoms with Crippen molar-refractivity contribution in [3.8, 4) is 5.75 Å². The van der Waals surface area contributed by atoms with Gasteiger partial charge in [-0.05, 0) is 103 Å². The molecular weight excluding hydrogens is 362 g/mol. The molecule has 2 aromatic rings. The Hall–Kier alpha value is -1.32. The van der Waals surface area contributed by atoms with E-state index in [1.807, 2.05) is 11.3 Å². The first-order valence-electron chi connectivity index (χ1n) is 11.3. The van der Waals surface area contributed by atoms with Gasteiger partial charge in [0, 0.05) is 12.5 Å². The summed E-state index contributed by atoms with van der Waals surface area (Å²) in [6, 6.07) is 9.15. The van der Waals surface area contributed by atoms with Gasteiger partial charge in [-0.2, -0.15) is 11.3 Å². The molecular formula is C25H35NOS. The Bertz CT molecular complexity index is 726. The van der Waals surface area contributed by atoms with Crippen LogP contribution in [0.3, 0.4) is 0 Å². The standard InChI is InChI=1S/C25H35NOS/c1-2-3-6-13-26-14-11-25(22-12-15-28-19-22)23(17-26)18-27-24-10-9-20-7-4-5-8-21(20)16-24/h9-10,12,15-16,19,23,25H,2-8,11,13-14,17-18H2,1H3. The number of benzene rings is 1. The van der Waals surface area contributed by atoms with Crippen LogP contribution in [0, 0.1) is 5.92 Å². The van der Waals surface area contributed by atoms with Crippen molar-refractivity contribution < 1.29 is 4.74 Å². The molecule has 0 saturated carbocycles. The number of fused-ring (bicyclic) bond motifs is 1. The van der Waals surface area contributed by atoms with E-state index in [1.54, 1.807) is 0 Å². The van der Waals surface area contributed by atoms with E-state index >= 15 is 0 Å². The van der Waals surface area contributed by atoms with Crippen molar-refractivity contribution in [2.24, 2.45) is 5.92 Å². The van der Waals surface area contributed by atoms with Crippen LogP contribution in [-0.2, 0) is 12.8 Å². The van der Waals surface area contributed by atoms with Crippen LogP contribution in [0.5, 0.6) is 5.75 Å². The zero-order valence-electron chi connectivity index (χ0n) is 17.4. The molecule has 152 valence electrons. The third-order valence-electron chi connectivity index (χ3n) is 6.65. The fourth-order valence-corrected chi connectivity index (χ4v) is 5.72. The average Bonchev–Trinajstić information content (AvgIpc) is 3.27. The fourth-order valence-electron chi connectivity index (χ4n) is 4.99. The van der Waals surface area contributed by atoms with Gasteiger partial charge in [-0.25, -0.2) is 0 Å². The zero-order chi connectivity index (χ0) is 19.2. The Labute approximate surface area is 174 Å². The molecule has 1 aromatic heterocycles. The van der Waals surface area contributed by atoms with E-state index in [4.69, 9.17) is 4.74 Å². The lowest BCUT2D eigenvalue weighted by atomic mass is 9.82. The minimum Gasteiger partial charge on any atom is -0.493 e. The molecule has 1 fully saturated rings. The molecule has 28 heavy (non-hydrogen) atoms. The van der Waals surface area contributed by atoms with Gasteiger partial charge in [-0.15, -0.1) is 0 Å². The van der Waals surface area contributed by atoms with E-state index in [-0.39, 0.29) is 0 Å². The maximum atomic E-state index is 6.39. The van der Waals surface area contributed by atoms with Crippen molar-refractivity contribution >= 4 is 11.3 Å². The summed E-state index contributed by atoms with van der Waals surface area (Å²) in [4.78, 5) is 2.68. The molecule has 2 heterocycles. The first-order chi connectivity index (χ1) is 13.8. The van der Waals surface area contributed by atoms with Gasteiger partial charge >= 0.3 is 0 Å². The number of hydrogen-bond donors (Lipinski definition) is 0.